The van der Waals surface area contributed by atoms with Crippen molar-refractivity contribution in [2.45, 2.75) is 65.2 Å². The number of amides is 1. The van der Waals surface area contributed by atoms with Gasteiger partial charge in [0.1, 0.15) is 17.2 Å². The van der Waals surface area contributed by atoms with Gasteiger partial charge in [0.05, 0.1) is 5.56 Å². The van der Waals surface area contributed by atoms with Crippen LogP contribution in [0.15, 0.2) is 36.4 Å². The fourth-order valence-corrected chi connectivity index (χ4v) is 3.00. The van der Waals surface area contributed by atoms with Crippen molar-refractivity contribution in [3.63, 3.8) is 0 Å². The van der Waals surface area contributed by atoms with E-state index in [9.17, 15) is 9.90 Å². The second-order valence-corrected chi connectivity index (χ2v) is 8.55. The number of carbonyl (C=O) groups excluding carboxylic acids is 1. The predicted octanol–water partition coefficient (Wildman–Crippen LogP) is 5.92. The summed E-state index contributed by atoms with van der Waals surface area (Å²) in [5, 5.41) is 12.4. The topological polar surface area (TPSA) is 58.6 Å². The van der Waals surface area contributed by atoms with Gasteiger partial charge in [-0.3, -0.25) is 4.79 Å². The number of rotatable bonds is 7. The summed E-state index contributed by atoms with van der Waals surface area (Å²) in [5.74, 6) is 0.886. The third kappa shape index (κ3) is 4.49. The van der Waals surface area contributed by atoms with E-state index in [1.54, 1.807) is 13.1 Å². The number of benzene rings is 2. The summed E-state index contributed by atoms with van der Waals surface area (Å²) in [5.41, 5.74) is 2.68. The molecular weight excluding hydrogens is 350 g/mol. The van der Waals surface area contributed by atoms with E-state index in [-0.39, 0.29) is 22.5 Å². The molecule has 0 aliphatic rings. The van der Waals surface area contributed by atoms with Crippen LogP contribution in [-0.4, -0.2) is 18.1 Å². The first-order valence-corrected chi connectivity index (χ1v) is 9.93. The molecule has 2 aromatic carbocycles. The number of phenolic OH excluding ortho intramolecular Hbond substituents is 1. The monoisotopic (exact) mass is 383 g/mol. The fourth-order valence-electron chi connectivity index (χ4n) is 3.00. The Bertz CT molecular complexity index is 853. The molecule has 0 aliphatic carbocycles. The van der Waals surface area contributed by atoms with Crippen LogP contribution in [0.2, 0.25) is 0 Å². The molecule has 2 aromatic rings. The minimum Gasteiger partial charge on any atom is -0.508 e. The van der Waals surface area contributed by atoms with Gasteiger partial charge in [-0.2, -0.15) is 0 Å². The molecule has 0 aliphatic heterocycles. The van der Waals surface area contributed by atoms with Crippen LogP contribution in [0, 0.1) is 0 Å². The van der Waals surface area contributed by atoms with E-state index in [0.29, 0.717) is 11.3 Å². The number of hydrogen-bond donors (Lipinski definition) is 2. The van der Waals surface area contributed by atoms with E-state index in [2.05, 4.69) is 59.0 Å². The van der Waals surface area contributed by atoms with E-state index in [4.69, 9.17) is 4.74 Å². The molecule has 0 heterocycles. The molecule has 152 valence electrons. The average Bonchev–Trinajstić information content (AvgIpc) is 2.68. The summed E-state index contributed by atoms with van der Waals surface area (Å²) in [6, 6.07) is 10.9. The average molecular weight is 384 g/mol. The minimum atomic E-state index is -0.300. The molecule has 0 radical (unpaired) electrons. The molecule has 4 heteroatoms. The number of hydrogen-bond acceptors (Lipinski definition) is 3. The van der Waals surface area contributed by atoms with Gasteiger partial charge < -0.3 is 15.2 Å². The SMILES string of the molecule is CCC(C)(C)c1ccc(Oc2ccc(O)cc2C(=O)NC)c(C(C)(C)CC)c1. The normalized spacial score (nSPS) is 12.0. The van der Waals surface area contributed by atoms with Gasteiger partial charge in [-0.1, -0.05) is 53.7 Å². The summed E-state index contributed by atoms with van der Waals surface area (Å²) in [4.78, 5) is 12.2. The smallest absolute Gasteiger partial charge is 0.254 e. The molecule has 0 spiro atoms. The molecule has 0 aromatic heterocycles. The minimum absolute atomic E-state index is 0.0279. The van der Waals surface area contributed by atoms with Crippen molar-refractivity contribution in [3.05, 3.63) is 53.1 Å². The van der Waals surface area contributed by atoms with Crippen molar-refractivity contribution >= 4 is 5.91 Å². The van der Waals surface area contributed by atoms with Crippen LogP contribution < -0.4 is 10.1 Å². The van der Waals surface area contributed by atoms with Crippen LogP contribution in [0.25, 0.3) is 0 Å². The highest BCUT2D eigenvalue weighted by Crippen LogP contribution is 2.40. The van der Waals surface area contributed by atoms with Crippen molar-refractivity contribution in [1.82, 2.24) is 5.32 Å². The van der Waals surface area contributed by atoms with Gasteiger partial charge in [-0.25, -0.2) is 0 Å². The van der Waals surface area contributed by atoms with Crippen LogP contribution in [0.3, 0.4) is 0 Å². The van der Waals surface area contributed by atoms with E-state index in [1.165, 1.54) is 17.7 Å². The fraction of sp³-hybridized carbons (Fsp3) is 0.458. The Morgan fingerprint density at radius 2 is 1.57 bits per heavy atom. The lowest BCUT2D eigenvalue weighted by atomic mass is 9.76. The number of ether oxygens (including phenoxy) is 1. The second-order valence-electron chi connectivity index (χ2n) is 8.55. The van der Waals surface area contributed by atoms with Crippen molar-refractivity contribution < 1.29 is 14.6 Å². The lowest BCUT2D eigenvalue weighted by Gasteiger charge is -2.30. The van der Waals surface area contributed by atoms with E-state index >= 15 is 0 Å². The molecular formula is C24H33NO3. The Balaban J connectivity index is 2.59. The van der Waals surface area contributed by atoms with Crippen LogP contribution in [0.4, 0.5) is 0 Å². The van der Waals surface area contributed by atoms with Gasteiger partial charge in [0.25, 0.3) is 5.91 Å². The highest BCUT2D eigenvalue weighted by molar-refractivity contribution is 5.97. The maximum absolute atomic E-state index is 12.2. The van der Waals surface area contributed by atoms with E-state index < -0.39 is 0 Å². The lowest BCUT2D eigenvalue weighted by Crippen LogP contribution is -2.21. The highest BCUT2D eigenvalue weighted by atomic mass is 16.5. The number of nitrogens with one attached hydrogen (secondary N) is 1. The first-order chi connectivity index (χ1) is 13.1. The zero-order valence-corrected chi connectivity index (χ0v) is 18.1. The molecule has 28 heavy (non-hydrogen) atoms. The van der Waals surface area contributed by atoms with E-state index in [0.717, 1.165) is 24.2 Å². The van der Waals surface area contributed by atoms with Crippen LogP contribution in [0.1, 0.15) is 75.9 Å². The van der Waals surface area contributed by atoms with Crippen molar-refractivity contribution in [1.29, 1.82) is 0 Å². The standard InChI is InChI=1S/C24H33NO3/c1-8-23(3,4)16-10-12-21(19(14-16)24(5,6)9-2)28-20-13-11-17(26)15-18(20)22(27)25-7/h10-15,26H,8-9H2,1-7H3,(H,25,27). The van der Waals surface area contributed by atoms with Gasteiger partial charge >= 0.3 is 0 Å². The van der Waals surface area contributed by atoms with Gasteiger partial charge in [0.15, 0.2) is 0 Å². The molecule has 1 amide bonds. The summed E-state index contributed by atoms with van der Waals surface area (Å²) >= 11 is 0. The van der Waals surface area contributed by atoms with Crippen LogP contribution in [-0.2, 0) is 10.8 Å². The second kappa shape index (κ2) is 8.26. The summed E-state index contributed by atoms with van der Waals surface area (Å²) in [7, 11) is 1.56. The van der Waals surface area contributed by atoms with Crippen LogP contribution in [0.5, 0.6) is 17.2 Å². The molecule has 2 N–H and O–H groups in total. The van der Waals surface area contributed by atoms with Gasteiger partial charge in [-0.15, -0.1) is 0 Å². The maximum Gasteiger partial charge on any atom is 0.254 e. The first-order valence-electron chi connectivity index (χ1n) is 9.93. The van der Waals surface area contributed by atoms with Gasteiger partial charge in [0, 0.05) is 12.6 Å². The van der Waals surface area contributed by atoms with Gasteiger partial charge in [-0.05, 0) is 53.5 Å². The Hall–Kier alpha value is -2.49. The third-order valence-electron chi connectivity index (χ3n) is 5.91. The molecule has 0 fully saturated rings. The highest BCUT2D eigenvalue weighted by Gasteiger charge is 2.27. The lowest BCUT2D eigenvalue weighted by molar-refractivity contribution is 0.0960. The Morgan fingerprint density at radius 3 is 2.14 bits per heavy atom. The molecule has 0 unspecified atom stereocenters. The quantitative estimate of drug-likeness (QED) is 0.624. The number of aromatic hydroxyl groups is 1. The molecule has 0 bridgehead atoms. The predicted molar refractivity (Wildman–Crippen MR) is 115 cm³/mol. The zero-order valence-electron chi connectivity index (χ0n) is 18.1. The first kappa shape index (κ1) is 21.8. The molecule has 0 saturated heterocycles. The van der Waals surface area contributed by atoms with Crippen molar-refractivity contribution in [2.24, 2.45) is 0 Å². The van der Waals surface area contributed by atoms with Crippen LogP contribution >= 0.6 is 0 Å². The largest absolute Gasteiger partial charge is 0.508 e. The number of phenols is 1. The van der Waals surface area contributed by atoms with Crippen molar-refractivity contribution in [3.8, 4) is 17.2 Å². The zero-order chi connectivity index (χ0) is 21.1. The summed E-state index contributed by atoms with van der Waals surface area (Å²) < 4.78 is 6.24. The third-order valence-corrected chi connectivity index (χ3v) is 5.91. The van der Waals surface area contributed by atoms with Crippen molar-refractivity contribution in [2.75, 3.05) is 7.05 Å². The Labute approximate surface area is 168 Å². The molecule has 0 saturated carbocycles. The van der Waals surface area contributed by atoms with Gasteiger partial charge in [0.2, 0.25) is 0 Å². The molecule has 0 atom stereocenters. The maximum atomic E-state index is 12.2. The Kier molecular flexibility index (Phi) is 6.43. The van der Waals surface area contributed by atoms with E-state index in [1.807, 2.05) is 6.07 Å². The molecule has 2 rings (SSSR count). The summed E-state index contributed by atoms with van der Waals surface area (Å²) in [6.45, 7) is 13.3. The molecule has 4 nitrogen and oxygen atoms in total. The summed E-state index contributed by atoms with van der Waals surface area (Å²) in [6.07, 6.45) is 2.00. The Morgan fingerprint density at radius 1 is 0.964 bits per heavy atom. The number of carbonyl (C=O) groups is 1.